The fourth-order valence-corrected chi connectivity index (χ4v) is 4.18. The number of ether oxygens (including phenoxy) is 2. The van der Waals surface area contributed by atoms with Gasteiger partial charge in [0.25, 0.3) is 0 Å². The Labute approximate surface area is 155 Å². The fraction of sp³-hybridized carbons (Fsp3) is 0.400. The Morgan fingerprint density at radius 2 is 1.41 bits per heavy atom. The SMILES string of the molecule is Oc1ccc(N2C3CCC2CC(Oc2ccc(OC(F)(F)F)cc2)C3)cc1. The third-order valence-corrected chi connectivity index (χ3v) is 5.20. The van der Waals surface area contributed by atoms with Crippen molar-refractivity contribution in [2.45, 2.75) is 50.2 Å². The molecule has 144 valence electrons. The van der Waals surface area contributed by atoms with E-state index >= 15 is 0 Å². The smallest absolute Gasteiger partial charge is 0.508 e. The van der Waals surface area contributed by atoms with Crippen molar-refractivity contribution in [3.05, 3.63) is 48.5 Å². The van der Waals surface area contributed by atoms with Gasteiger partial charge in [-0.2, -0.15) is 0 Å². The molecule has 2 bridgehead atoms. The molecule has 0 saturated carbocycles. The molecule has 1 N–H and O–H groups in total. The average molecular weight is 379 g/mol. The molecule has 2 heterocycles. The molecule has 4 rings (SSSR count). The largest absolute Gasteiger partial charge is 0.573 e. The zero-order valence-corrected chi connectivity index (χ0v) is 14.5. The Morgan fingerprint density at radius 1 is 0.852 bits per heavy atom. The molecule has 0 amide bonds. The summed E-state index contributed by atoms with van der Waals surface area (Å²) in [4.78, 5) is 2.40. The van der Waals surface area contributed by atoms with Crippen molar-refractivity contribution in [2.24, 2.45) is 0 Å². The van der Waals surface area contributed by atoms with E-state index in [0.717, 1.165) is 31.4 Å². The van der Waals surface area contributed by atoms with E-state index < -0.39 is 6.36 Å². The Bertz CT molecular complexity index is 763. The first-order valence-electron chi connectivity index (χ1n) is 8.97. The summed E-state index contributed by atoms with van der Waals surface area (Å²) in [6, 6.07) is 13.5. The molecule has 0 aromatic heterocycles. The molecule has 0 aliphatic carbocycles. The Balaban J connectivity index is 1.39. The number of piperidine rings is 1. The maximum absolute atomic E-state index is 12.2. The van der Waals surface area contributed by atoms with Gasteiger partial charge in [0.2, 0.25) is 0 Å². The number of hydrogen-bond donors (Lipinski definition) is 1. The molecule has 2 aliphatic rings. The lowest BCUT2D eigenvalue weighted by Crippen LogP contribution is -2.46. The molecule has 2 aromatic carbocycles. The van der Waals surface area contributed by atoms with Crippen molar-refractivity contribution >= 4 is 5.69 Å². The van der Waals surface area contributed by atoms with Crippen LogP contribution in [0.15, 0.2) is 48.5 Å². The zero-order valence-electron chi connectivity index (χ0n) is 14.5. The van der Waals surface area contributed by atoms with Crippen LogP contribution in [-0.4, -0.2) is 29.7 Å². The lowest BCUT2D eigenvalue weighted by molar-refractivity contribution is -0.274. The van der Waals surface area contributed by atoms with Crippen LogP contribution in [0.5, 0.6) is 17.2 Å². The van der Waals surface area contributed by atoms with E-state index in [4.69, 9.17) is 4.74 Å². The van der Waals surface area contributed by atoms with E-state index in [1.54, 1.807) is 12.1 Å². The first-order chi connectivity index (χ1) is 12.9. The van der Waals surface area contributed by atoms with Gasteiger partial charge in [-0.1, -0.05) is 0 Å². The molecular weight excluding hydrogens is 359 g/mol. The number of phenolic OH excluding ortho intramolecular Hbond substituents is 1. The lowest BCUT2D eigenvalue weighted by Gasteiger charge is -2.40. The van der Waals surface area contributed by atoms with Crippen molar-refractivity contribution in [1.82, 2.24) is 0 Å². The number of nitrogens with zero attached hydrogens (tertiary/aromatic N) is 1. The normalized spacial score (nSPS) is 24.7. The summed E-state index contributed by atoms with van der Waals surface area (Å²) >= 11 is 0. The van der Waals surface area contributed by atoms with E-state index in [2.05, 4.69) is 9.64 Å². The highest BCUT2D eigenvalue weighted by Crippen LogP contribution is 2.41. The lowest BCUT2D eigenvalue weighted by atomic mass is 9.98. The van der Waals surface area contributed by atoms with Crippen molar-refractivity contribution in [1.29, 1.82) is 0 Å². The van der Waals surface area contributed by atoms with Crippen LogP contribution in [0.25, 0.3) is 0 Å². The van der Waals surface area contributed by atoms with Gasteiger partial charge in [0.15, 0.2) is 0 Å². The van der Waals surface area contributed by atoms with E-state index in [-0.39, 0.29) is 17.6 Å². The first-order valence-corrected chi connectivity index (χ1v) is 8.97. The van der Waals surface area contributed by atoms with Gasteiger partial charge in [0.1, 0.15) is 23.4 Å². The van der Waals surface area contributed by atoms with Gasteiger partial charge in [-0.05, 0) is 61.4 Å². The third-order valence-electron chi connectivity index (χ3n) is 5.20. The minimum absolute atomic E-state index is 0.0326. The maximum atomic E-state index is 12.2. The summed E-state index contributed by atoms with van der Waals surface area (Å²) < 4.78 is 46.6. The van der Waals surface area contributed by atoms with Crippen molar-refractivity contribution in [3.63, 3.8) is 0 Å². The van der Waals surface area contributed by atoms with Crippen LogP contribution in [-0.2, 0) is 0 Å². The zero-order chi connectivity index (χ0) is 19.0. The molecule has 7 heteroatoms. The summed E-state index contributed by atoms with van der Waals surface area (Å²) in [5, 5.41) is 9.48. The second-order valence-electron chi connectivity index (χ2n) is 7.04. The second kappa shape index (κ2) is 6.87. The minimum Gasteiger partial charge on any atom is -0.508 e. The van der Waals surface area contributed by atoms with Gasteiger partial charge >= 0.3 is 6.36 Å². The number of alkyl halides is 3. The number of halogens is 3. The molecule has 2 unspecified atom stereocenters. The van der Waals surface area contributed by atoms with E-state index in [9.17, 15) is 18.3 Å². The summed E-state index contributed by atoms with van der Waals surface area (Å²) in [7, 11) is 0. The number of phenols is 1. The molecule has 27 heavy (non-hydrogen) atoms. The van der Waals surface area contributed by atoms with Gasteiger partial charge in [-0.15, -0.1) is 13.2 Å². The third kappa shape index (κ3) is 4.07. The second-order valence-corrected chi connectivity index (χ2v) is 7.04. The number of benzene rings is 2. The topological polar surface area (TPSA) is 41.9 Å². The molecule has 2 atom stereocenters. The van der Waals surface area contributed by atoms with Crippen LogP contribution in [0.1, 0.15) is 25.7 Å². The Morgan fingerprint density at radius 3 is 1.96 bits per heavy atom. The number of aromatic hydroxyl groups is 1. The number of fused-ring (bicyclic) bond motifs is 2. The van der Waals surface area contributed by atoms with Crippen LogP contribution in [0.3, 0.4) is 0 Å². The summed E-state index contributed by atoms with van der Waals surface area (Å²) in [5.74, 6) is 0.548. The highest BCUT2D eigenvalue weighted by atomic mass is 19.4. The van der Waals surface area contributed by atoms with Gasteiger partial charge in [0, 0.05) is 30.6 Å². The van der Waals surface area contributed by atoms with Crippen molar-refractivity contribution < 1.29 is 27.8 Å². The molecule has 0 radical (unpaired) electrons. The molecule has 4 nitrogen and oxygen atoms in total. The molecule has 0 spiro atoms. The standard InChI is InChI=1S/C20H20F3NO3/c21-20(22,23)27-18-9-7-17(8-10-18)26-19-11-14-1-2-15(12-19)24(14)13-3-5-16(25)6-4-13/h3-10,14-15,19,25H,1-2,11-12H2. The first kappa shape index (κ1) is 17.8. The van der Waals surface area contributed by atoms with E-state index in [1.807, 2.05) is 12.1 Å². The predicted octanol–water partition coefficient (Wildman–Crippen LogP) is 4.87. The van der Waals surface area contributed by atoms with Crippen molar-refractivity contribution in [2.75, 3.05) is 4.90 Å². The highest BCUT2D eigenvalue weighted by molar-refractivity contribution is 5.52. The molecule has 2 fully saturated rings. The summed E-state index contributed by atoms with van der Waals surface area (Å²) in [6.07, 6.45) is -0.766. The molecular formula is C20H20F3NO3. The maximum Gasteiger partial charge on any atom is 0.573 e. The van der Waals surface area contributed by atoms with Gasteiger partial charge in [0.05, 0.1) is 0 Å². The Kier molecular flexibility index (Phi) is 4.53. The van der Waals surface area contributed by atoms with Gasteiger partial charge in [-0.3, -0.25) is 0 Å². The number of anilines is 1. The number of hydrogen-bond acceptors (Lipinski definition) is 4. The molecule has 2 aliphatic heterocycles. The monoisotopic (exact) mass is 379 g/mol. The van der Waals surface area contributed by atoms with Gasteiger partial charge < -0.3 is 19.5 Å². The summed E-state index contributed by atoms with van der Waals surface area (Å²) in [5.41, 5.74) is 1.10. The van der Waals surface area contributed by atoms with Crippen LogP contribution < -0.4 is 14.4 Å². The van der Waals surface area contributed by atoms with Crippen LogP contribution in [0, 0.1) is 0 Å². The van der Waals surface area contributed by atoms with E-state index in [0.29, 0.717) is 17.8 Å². The fourth-order valence-electron chi connectivity index (χ4n) is 4.18. The van der Waals surface area contributed by atoms with Crippen LogP contribution in [0.4, 0.5) is 18.9 Å². The quantitative estimate of drug-likeness (QED) is 0.823. The molecule has 2 aromatic rings. The number of rotatable bonds is 4. The molecule has 2 saturated heterocycles. The minimum atomic E-state index is -4.69. The van der Waals surface area contributed by atoms with Crippen LogP contribution >= 0.6 is 0 Å². The predicted molar refractivity (Wildman–Crippen MR) is 94.2 cm³/mol. The van der Waals surface area contributed by atoms with Crippen LogP contribution in [0.2, 0.25) is 0 Å². The Hall–Kier alpha value is -2.57. The van der Waals surface area contributed by atoms with E-state index in [1.165, 1.54) is 24.3 Å². The van der Waals surface area contributed by atoms with Gasteiger partial charge in [-0.25, -0.2) is 0 Å². The highest BCUT2D eigenvalue weighted by Gasteiger charge is 2.41. The summed E-state index contributed by atoms with van der Waals surface area (Å²) in [6.45, 7) is 0. The average Bonchev–Trinajstić information content (AvgIpc) is 2.87. The van der Waals surface area contributed by atoms with Crippen molar-refractivity contribution in [3.8, 4) is 17.2 Å².